The van der Waals surface area contributed by atoms with Crippen molar-refractivity contribution in [1.82, 2.24) is 9.97 Å². The fourth-order valence-electron chi connectivity index (χ4n) is 3.72. The van der Waals surface area contributed by atoms with Gasteiger partial charge in [-0.2, -0.15) is 0 Å². The minimum Gasteiger partial charge on any atom is -0.870 e. The number of pyridine rings is 2. The van der Waals surface area contributed by atoms with E-state index in [-0.39, 0.29) is 80.2 Å². The summed E-state index contributed by atoms with van der Waals surface area (Å²) in [6, 6.07) is 9.96. The molecule has 2 heterocycles. The van der Waals surface area contributed by atoms with Crippen LogP contribution in [0.15, 0.2) is 46.0 Å². The number of aromatic nitrogens is 2. The van der Waals surface area contributed by atoms with Gasteiger partial charge in [-0.05, 0) is 36.4 Å². The Balaban J connectivity index is 0.000000371. The first-order chi connectivity index (χ1) is 17.6. The number of ether oxygens (including phenoxy) is 3. The van der Waals surface area contributed by atoms with Crippen molar-refractivity contribution >= 4 is 56.9 Å². The van der Waals surface area contributed by atoms with E-state index in [1.165, 1.54) is 21.3 Å². The minimum absolute atomic E-state index is 0. The van der Waals surface area contributed by atoms with Crippen LogP contribution in [0.25, 0.3) is 21.8 Å². The Morgan fingerprint density at radius 1 is 0.795 bits per heavy atom. The predicted molar refractivity (Wildman–Crippen MR) is 141 cm³/mol. The molecule has 0 fully saturated rings. The molecule has 4 rings (SSSR count). The maximum Gasteiger partial charge on any atom is 1.00 e. The van der Waals surface area contributed by atoms with Crippen molar-refractivity contribution in [3.05, 3.63) is 78.3 Å². The van der Waals surface area contributed by atoms with Gasteiger partial charge in [0.1, 0.15) is 11.5 Å². The Labute approximate surface area is 274 Å². The quantitative estimate of drug-likeness (QED) is 0.209. The van der Waals surface area contributed by atoms with Crippen LogP contribution in [0.4, 0.5) is 0 Å². The van der Waals surface area contributed by atoms with Crippen molar-refractivity contribution in [1.29, 1.82) is 0 Å². The largest absolute Gasteiger partial charge is 1.00 e. The third-order valence-corrected chi connectivity index (χ3v) is 5.80. The summed E-state index contributed by atoms with van der Waals surface area (Å²) in [6.45, 7) is 0. The number of rotatable bonds is 6. The molecule has 0 saturated carbocycles. The zero-order chi connectivity index (χ0) is 27.3. The van der Waals surface area contributed by atoms with E-state index in [4.69, 9.17) is 37.8 Å². The molecule has 0 radical (unpaired) electrons. The topological polar surface area (TPSA) is 178 Å². The maximum atomic E-state index is 12.0. The molecule has 14 heteroatoms. The molecule has 2 aromatic carbocycles. The molecular formula is C25H23Cl2KN2O9. The van der Waals surface area contributed by atoms with Gasteiger partial charge in [-0.3, -0.25) is 19.2 Å². The maximum absolute atomic E-state index is 12.0. The van der Waals surface area contributed by atoms with E-state index in [1.54, 1.807) is 36.4 Å². The Bertz CT molecular complexity index is 1620. The van der Waals surface area contributed by atoms with Crippen molar-refractivity contribution in [3.8, 4) is 11.5 Å². The van der Waals surface area contributed by atoms with Crippen molar-refractivity contribution in [3.63, 3.8) is 0 Å². The first-order valence-electron chi connectivity index (χ1n) is 10.6. The second-order valence-electron chi connectivity index (χ2n) is 7.64. The number of aromatic amines is 2. The number of halogens is 2. The molecule has 0 atom stereocenters. The average molecular weight is 605 g/mol. The second-order valence-corrected chi connectivity index (χ2v) is 8.51. The van der Waals surface area contributed by atoms with Crippen LogP contribution in [0.2, 0.25) is 10.0 Å². The van der Waals surface area contributed by atoms with Gasteiger partial charge in [0.25, 0.3) is 11.1 Å². The smallest absolute Gasteiger partial charge is 0.870 e. The molecule has 4 aromatic rings. The normalized spacial score (nSPS) is 9.97. The molecule has 4 N–H and O–H groups in total. The zero-order valence-corrected chi connectivity index (χ0v) is 26.0. The van der Waals surface area contributed by atoms with E-state index < -0.39 is 29.5 Å². The minimum atomic E-state index is -1.09. The molecule has 0 bridgehead atoms. The van der Waals surface area contributed by atoms with Gasteiger partial charge >= 0.3 is 63.3 Å². The van der Waals surface area contributed by atoms with Crippen molar-refractivity contribution in [2.24, 2.45) is 0 Å². The summed E-state index contributed by atoms with van der Waals surface area (Å²) in [7, 11) is 4.11. The first kappa shape index (κ1) is 34.6. The number of carboxylic acids is 1. The molecule has 0 aliphatic carbocycles. The van der Waals surface area contributed by atoms with Gasteiger partial charge in [-0.15, -0.1) is 0 Å². The third kappa shape index (κ3) is 8.29. The molecule has 0 saturated heterocycles. The van der Waals surface area contributed by atoms with Crippen LogP contribution in [-0.2, 0) is 27.2 Å². The fraction of sp³-hybridized carbons (Fsp3) is 0.200. The van der Waals surface area contributed by atoms with Gasteiger partial charge in [-0.25, -0.2) is 0 Å². The number of methoxy groups -OCH3 is 3. The summed E-state index contributed by atoms with van der Waals surface area (Å²) in [4.78, 5) is 51.2. The molecular weight excluding hydrogens is 582 g/mol. The SMILES string of the molecule is COC(=O)Cc1c(OC)c2ccc(Cl)cc2[nH]c1=O.COc1c(CC(=O)O)c(=O)[nH]c2cc(Cl)ccc12.[K+].[OH-]. The van der Waals surface area contributed by atoms with Gasteiger partial charge in [0.2, 0.25) is 0 Å². The molecule has 39 heavy (non-hydrogen) atoms. The number of aliphatic carboxylic acids is 1. The molecule has 11 nitrogen and oxygen atoms in total. The standard InChI is InChI=1S/C13H12ClNO4.C12H10ClNO4.K.H2O/c1-18-11(16)6-9-12(19-2)8-4-3-7(14)5-10(8)15-13(9)17;1-18-11-7-3-2-6(13)4-9(7)14-12(17)8(11)5-10(15)16;;/h3-5H,6H2,1-2H3,(H,15,17);2-4H,5H2,1H3,(H,14,17)(H,15,16);;1H2/q;;+1;/p-1. The predicted octanol–water partition coefficient (Wildman–Crippen LogP) is 0.550. The van der Waals surface area contributed by atoms with Gasteiger partial charge in [0, 0.05) is 20.8 Å². The number of esters is 1. The van der Waals surface area contributed by atoms with Gasteiger partial charge in [-0.1, -0.05) is 23.2 Å². The number of hydrogen-bond acceptors (Lipinski definition) is 8. The van der Waals surface area contributed by atoms with Gasteiger partial charge < -0.3 is 34.8 Å². The van der Waals surface area contributed by atoms with E-state index >= 15 is 0 Å². The van der Waals surface area contributed by atoms with E-state index in [0.29, 0.717) is 37.6 Å². The first-order valence-corrected chi connectivity index (χ1v) is 11.4. The molecule has 0 unspecified atom stereocenters. The number of benzene rings is 2. The van der Waals surface area contributed by atoms with E-state index in [1.807, 2.05) is 0 Å². The Kier molecular flexibility index (Phi) is 13.7. The molecule has 0 aliphatic heterocycles. The number of fused-ring (bicyclic) bond motifs is 2. The van der Waals surface area contributed by atoms with Gasteiger partial charge in [0.15, 0.2) is 0 Å². The third-order valence-electron chi connectivity index (χ3n) is 5.33. The Morgan fingerprint density at radius 3 is 1.56 bits per heavy atom. The second kappa shape index (κ2) is 15.4. The van der Waals surface area contributed by atoms with E-state index in [0.717, 1.165) is 0 Å². The molecule has 0 spiro atoms. The summed E-state index contributed by atoms with van der Waals surface area (Å²) >= 11 is 11.7. The van der Waals surface area contributed by atoms with Crippen LogP contribution in [0.3, 0.4) is 0 Å². The van der Waals surface area contributed by atoms with Crippen LogP contribution in [0.5, 0.6) is 11.5 Å². The van der Waals surface area contributed by atoms with Crippen LogP contribution in [0, 0.1) is 0 Å². The van der Waals surface area contributed by atoms with Crippen LogP contribution < -0.4 is 72.0 Å². The average Bonchev–Trinajstić information content (AvgIpc) is 2.85. The zero-order valence-electron chi connectivity index (χ0n) is 21.4. The molecule has 0 amide bonds. The number of hydrogen-bond donors (Lipinski definition) is 3. The van der Waals surface area contributed by atoms with Crippen LogP contribution >= 0.6 is 23.2 Å². The number of carbonyl (C=O) groups excluding carboxylic acids is 1. The number of carbonyl (C=O) groups is 2. The Morgan fingerprint density at radius 2 is 1.21 bits per heavy atom. The molecule has 0 aliphatic rings. The molecule has 2 aromatic heterocycles. The summed E-state index contributed by atoms with van der Waals surface area (Å²) in [5.41, 5.74) is 0.534. The summed E-state index contributed by atoms with van der Waals surface area (Å²) < 4.78 is 15.0. The summed E-state index contributed by atoms with van der Waals surface area (Å²) in [5.74, 6) is -0.960. The monoisotopic (exact) mass is 604 g/mol. The number of H-pyrrole nitrogens is 2. The van der Waals surface area contributed by atoms with Crippen molar-refractivity contribution in [2.45, 2.75) is 12.8 Å². The van der Waals surface area contributed by atoms with E-state index in [2.05, 4.69) is 14.7 Å². The van der Waals surface area contributed by atoms with Crippen LogP contribution in [0.1, 0.15) is 11.1 Å². The van der Waals surface area contributed by atoms with Crippen LogP contribution in [-0.4, -0.2) is 53.8 Å². The summed E-state index contributed by atoms with van der Waals surface area (Å²) in [6.07, 6.45) is -0.537. The summed E-state index contributed by atoms with van der Waals surface area (Å²) in [5, 5.41) is 11.1. The van der Waals surface area contributed by atoms with Crippen molar-refractivity contribution in [2.75, 3.05) is 21.3 Å². The van der Waals surface area contributed by atoms with Crippen molar-refractivity contribution < 1.29 is 85.8 Å². The number of carboxylic acid groups (broad SMARTS) is 1. The fourth-order valence-corrected chi connectivity index (χ4v) is 4.06. The van der Waals surface area contributed by atoms with E-state index in [9.17, 15) is 19.2 Å². The Hall–Kier alpha value is -2.42. The number of nitrogens with one attached hydrogen (secondary N) is 2. The van der Waals surface area contributed by atoms with Gasteiger partial charge in [0.05, 0.1) is 56.3 Å². The molecule has 202 valence electrons.